The van der Waals surface area contributed by atoms with Gasteiger partial charge < -0.3 is 15.3 Å². The van der Waals surface area contributed by atoms with Crippen LogP contribution in [-0.2, 0) is 0 Å². The molecule has 4 heteroatoms. The summed E-state index contributed by atoms with van der Waals surface area (Å²) in [6.07, 6.45) is 3.77. The van der Waals surface area contributed by atoms with Crippen LogP contribution in [0.5, 0.6) is 0 Å². The van der Waals surface area contributed by atoms with E-state index < -0.39 is 0 Å². The summed E-state index contributed by atoms with van der Waals surface area (Å²) in [4.78, 5) is 2.55. The second-order valence-corrected chi connectivity index (χ2v) is 5.66. The first kappa shape index (κ1) is 14.2. The molecule has 96 valence electrons. The molecule has 2 unspecified atom stereocenters. The van der Waals surface area contributed by atoms with Crippen molar-refractivity contribution in [2.24, 2.45) is 11.3 Å². The van der Waals surface area contributed by atoms with Crippen LogP contribution in [0.15, 0.2) is 0 Å². The molecule has 0 spiro atoms. The van der Waals surface area contributed by atoms with Crippen LogP contribution in [0.25, 0.3) is 0 Å². The number of likely N-dealkylation sites (tertiary alicyclic amines) is 1. The summed E-state index contributed by atoms with van der Waals surface area (Å²) in [5, 5.41) is 12.6. The SMILES string of the molecule is CC1(CN2CCCC(CO)C2)CCNC1.Cl. The van der Waals surface area contributed by atoms with Crippen molar-refractivity contribution in [3.63, 3.8) is 0 Å². The Labute approximate surface area is 105 Å². The van der Waals surface area contributed by atoms with Gasteiger partial charge in [-0.1, -0.05) is 6.92 Å². The van der Waals surface area contributed by atoms with Crippen molar-refractivity contribution in [3.8, 4) is 0 Å². The number of aliphatic hydroxyl groups excluding tert-OH is 1. The van der Waals surface area contributed by atoms with Crippen molar-refractivity contribution in [3.05, 3.63) is 0 Å². The van der Waals surface area contributed by atoms with Gasteiger partial charge in [0, 0.05) is 26.2 Å². The first-order chi connectivity index (χ1) is 7.22. The van der Waals surface area contributed by atoms with Crippen LogP contribution in [0.2, 0.25) is 0 Å². The predicted octanol–water partition coefficient (Wildman–Crippen LogP) is 1.11. The largest absolute Gasteiger partial charge is 0.396 e. The summed E-state index contributed by atoms with van der Waals surface area (Å²) in [6.45, 7) is 8.62. The van der Waals surface area contributed by atoms with Crippen molar-refractivity contribution in [1.29, 1.82) is 0 Å². The number of nitrogens with zero attached hydrogens (tertiary/aromatic N) is 1. The molecule has 2 rings (SSSR count). The number of halogens is 1. The molecular formula is C12H25ClN2O. The summed E-state index contributed by atoms with van der Waals surface area (Å²) >= 11 is 0. The molecule has 2 fully saturated rings. The molecule has 0 radical (unpaired) electrons. The second-order valence-electron chi connectivity index (χ2n) is 5.66. The Morgan fingerprint density at radius 3 is 2.94 bits per heavy atom. The van der Waals surface area contributed by atoms with E-state index in [2.05, 4.69) is 17.1 Å². The number of aliphatic hydroxyl groups is 1. The molecular weight excluding hydrogens is 224 g/mol. The van der Waals surface area contributed by atoms with Crippen molar-refractivity contribution in [2.45, 2.75) is 26.2 Å². The van der Waals surface area contributed by atoms with Crippen LogP contribution in [0.1, 0.15) is 26.2 Å². The zero-order valence-electron chi connectivity index (χ0n) is 10.2. The maximum Gasteiger partial charge on any atom is 0.0471 e. The van der Waals surface area contributed by atoms with Gasteiger partial charge in [-0.15, -0.1) is 12.4 Å². The predicted molar refractivity (Wildman–Crippen MR) is 69.1 cm³/mol. The van der Waals surface area contributed by atoms with Gasteiger partial charge in [0.1, 0.15) is 0 Å². The third-order valence-corrected chi connectivity index (χ3v) is 3.92. The van der Waals surface area contributed by atoms with E-state index in [0.717, 1.165) is 13.1 Å². The van der Waals surface area contributed by atoms with Gasteiger partial charge in [-0.25, -0.2) is 0 Å². The number of hydrogen-bond donors (Lipinski definition) is 2. The van der Waals surface area contributed by atoms with Crippen LogP contribution >= 0.6 is 12.4 Å². The van der Waals surface area contributed by atoms with Gasteiger partial charge in [-0.2, -0.15) is 0 Å². The molecule has 0 aliphatic carbocycles. The Morgan fingerprint density at radius 1 is 1.50 bits per heavy atom. The quantitative estimate of drug-likeness (QED) is 0.786. The van der Waals surface area contributed by atoms with Crippen molar-refractivity contribution in [1.82, 2.24) is 10.2 Å². The third kappa shape index (κ3) is 3.59. The fourth-order valence-electron chi connectivity index (χ4n) is 2.99. The molecule has 2 saturated heterocycles. The molecule has 0 aromatic carbocycles. The lowest BCUT2D eigenvalue weighted by atomic mass is 9.87. The van der Waals surface area contributed by atoms with Crippen LogP contribution in [0, 0.1) is 11.3 Å². The van der Waals surface area contributed by atoms with Gasteiger partial charge in [0.25, 0.3) is 0 Å². The molecule has 16 heavy (non-hydrogen) atoms. The second kappa shape index (κ2) is 6.20. The van der Waals surface area contributed by atoms with E-state index in [1.54, 1.807) is 0 Å². The van der Waals surface area contributed by atoms with Gasteiger partial charge in [0.05, 0.1) is 0 Å². The first-order valence-corrected chi connectivity index (χ1v) is 6.26. The number of piperidine rings is 1. The summed E-state index contributed by atoms with van der Waals surface area (Å²) in [7, 11) is 0. The molecule has 0 aromatic heterocycles. The number of hydrogen-bond acceptors (Lipinski definition) is 3. The monoisotopic (exact) mass is 248 g/mol. The molecule has 0 aromatic rings. The van der Waals surface area contributed by atoms with Gasteiger partial charge in [0.15, 0.2) is 0 Å². The maximum absolute atomic E-state index is 9.19. The molecule has 2 N–H and O–H groups in total. The lowest BCUT2D eigenvalue weighted by molar-refractivity contribution is 0.0896. The Balaban J connectivity index is 0.00000128. The van der Waals surface area contributed by atoms with Crippen LogP contribution in [0.3, 0.4) is 0 Å². The standard InChI is InChI=1S/C12H24N2O.ClH/c1-12(4-5-13-9-12)10-14-6-2-3-11(7-14)8-15;/h11,13,15H,2-10H2,1H3;1H. The van der Waals surface area contributed by atoms with Crippen LogP contribution in [-0.4, -0.2) is 49.3 Å². The van der Waals surface area contributed by atoms with E-state index in [1.807, 2.05) is 0 Å². The highest BCUT2D eigenvalue weighted by atomic mass is 35.5. The Morgan fingerprint density at radius 2 is 2.31 bits per heavy atom. The minimum atomic E-state index is 0. The van der Waals surface area contributed by atoms with Crippen LogP contribution in [0.4, 0.5) is 0 Å². The maximum atomic E-state index is 9.19. The highest BCUT2D eigenvalue weighted by molar-refractivity contribution is 5.85. The Kier molecular flexibility index (Phi) is 5.51. The van der Waals surface area contributed by atoms with Crippen molar-refractivity contribution < 1.29 is 5.11 Å². The van der Waals surface area contributed by atoms with E-state index >= 15 is 0 Å². The molecule has 0 saturated carbocycles. The van der Waals surface area contributed by atoms with E-state index in [0.29, 0.717) is 17.9 Å². The average Bonchev–Trinajstić information content (AvgIpc) is 2.65. The smallest absolute Gasteiger partial charge is 0.0471 e. The highest BCUT2D eigenvalue weighted by Gasteiger charge is 2.32. The average molecular weight is 249 g/mol. The summed E-state index contributed by atoms with van der Waals surface area (Å²) in [6, 6.07) is 0. The summed E-state index contributed by atoms with van der Waals surface area (Å²) in [5.41, 5.74) is 0.470. The fourth-order valence-corrected chi connectivity index (χ4v) is 2.99. The molecule has 3 nitrogen and oxygen atoms in total. The zero-order chi connectivity index (χ0) is 10.7. The normalized spacial score (nSPS) is 36.0. The van der Waals surface area contributed by atoms with Crippen molar-refractivity contribution >= 4 is 12.4 Å². The molecule has 2 atom stereocenters. The summed E-state index contributed by atoms with van der Waals surface area (Å²) in [5.74, 6) is 0.525. The molecule has 2 aliphatic rings. The van der Waals surface area contributed by atoms with Crippen molar-refractivity contribution in [2.75, 3.05) is 39.3 Å². The molecule has 0 bridgehead atoms. The first-order valence-electron chi connectivity index (χ1n) is 6.26. The van der Waals surface area contributed by atoms with E-state index in [9.17, 15) is 5.11 Å². The number of rotatable bonds is 3. The molecule has 2 heterocycles. The third-order valence-electron chi connectivity index (χ3n) is 3.92. The zero-order valence-corrected chi connectivity index (χ0v) is 11.1. The van der Waals surface area contributed by atoms with Gasteiger partial charge in [-0.05, 0) is 43.7 Å². The fraction of sp³-hybridized carbons (Fsp3) is 1.00. The van der Waals surface area contributed by atoms with Crippen LogP contribution < -0.4 is 5.32 Å². The molecule has 2 aliphatic heterocycles. The Hall–Kier alpha value is 0.170. The van der Waals surface area contributed by atoms with Gasteiger partial charge >= 0.3 is 0 Å². The van der Waals surface area contributed by atoms with E-state index in [-0.39, 0.29) is 12.4 Å². The van der Waals surface area contributed by atoms with Gasteiger partial charge in [0.2, 0.25) is 0 Å². The summed E-state index contributed by atoms with van der Waals surface area (Å²) < 4.78 is 0. The minimum Gasteiger partial charge on any atom is -0.396 e. The molecule has 0 amide bonds. The van der Waals surface area contributed by atoms with Gasteiger partial charge in [-0.3, -0.25) is 0 Å². The lowest BCUT2D eigenvalue weighted by Gasteiger charge is -2.37. The minimum absolute atomic E-state index is 0. The topological polar surface area (TPSA) is 35.5 Å². The Bertz CT molecular complexity index is 207. The lowest BCUT2D eigenvalue weighted by Crippen LogP contribution is -2.43. The highest BCUT2D eigenvalue weighted by Crippen LogP contribution is 2.27. The van der Waals surface area contributed by atoms with E-state index in [4.69, 9.17) is 0 Å². The number of nitrogens with one attached hydrogen (secondary N) is 1. The van der Waals surface area contributed by atoms with E-state index in [1.165, 1.54) is 38.9 Å².